The SMILES string of the molecule is CCCN(C)c1ccc(-c2cccc(C)c2)cc1. The minimum atomic E-state index is 1.10. The molecule has 94 valence electrons. The van der Waals surface area contributed by atoms with Gasteiger partial charge in [0.25, 0.3) is 0 Å². The second kappa shape index (κ2) is 5.72. The second-order valence-corrected chi connectivity index (χ2v) is 4.84. The molecule has 0 unspecified atom stereocenters. The van der Waals surface area contributed by atoms with Crippen molar-refractivity contribution in [3.8, 4) is 11.1 Å². The van der Waals surface area contributed by atoms with Crippen molar-refractivity contribution in [1.82, 2.24) is 0 Å². The number of rotatable bonds is 4. The zero-order valence-corrected chi connectivity index (χ0v) is 11.5. The number of hydrogen-bond donors (Lipinski definition) is 0. The van der Waals surface area contributed by atoms with Gasteiger partial charge in [-0.3, -0.25) is 0 Å². The van der Waals surface area contributed by atoms with Crippen molar-refractivity contribution in [2.75, 3.05) is 18.5 Å². The Labute approximate surface area is 110 Å². The van der Waals surface area contributed by atoms with Crippen LogP contribution in [0, 0.1) is 6.92 Å². The van der Waals surface area contributed by atoms with Gasteiger partial charge in [-0.05, 0) is 36.6 Å². The molecule has 0 aromatic heterocycles. The van der Waals surface area contributed by atoms with Crippen molar-refractivity contribution in [1.29, 1.82) is 0 Å². The predicted molar refractivity (Wildman–Crippen MR) is 80.2 cm³/mol. The molecule has 0 bridgehead atoms. The van der Waals surface area contributed by atoms with E-state index in [2.05, 4.69) is 74.3 Å². The molecule has 1 nitrogen and oxygen atoms in total. The number of benzene rings is 2. The van der Waals surface area contributed by atoms with Crippen LogP contribution in [-0.4, -0.2) is 13.6 Å². The topological polar surface area (TPSA) is 3.24 Å². The third kappa shape index (κ3) is 2.92. The van der Waals surface area contributed by atoms with E-state index in [1.54, 1.807) is 0 Å². The Morgan fingerprint density at radius 3 is 2.28 bits per heavy atom. The van der Waals surface area contributed by atoms with Gasteiger partial charge in [0.2, 0.25) is 0 Å². The second-order valence-electron chi connectivity index (χ2n) is 4.84. The molecule has 1 heteroatoms. The lowest BCUT2D eigenvalue weighted by Gasteiger charge is -2.18. The van der Waals surface area contributed by atoms with Crippen molar-refractivity contribution < 1.29 is 0 Å². The van der Waals surface area contributed by atoms with Gasteiger partial charge in [-0.1, -0.05) is 48.9 Å². The molecule has 0 aliphatic rings. The van der Waals surface area contributed by atoms with Crippen molar-refractivity contribution in [3.63, 3.8) is 0 Å². The van der Waals surface area contributed by atoms with Crippen LogP contribution in [0.5, 0.6) is 0 Å². The maximum atomic E-state index is 2.29. The Morgan fingerprint density at radius 1 is 0.944 bits per heavy atom. The first kappa shape index (κ1) is 12.7. The van der Waals surface area contributed by atoms with Gasteiger partial charge in [0.1, 0.15) is 0 Å². The van der Waals surface area contributed by atoms with Crippen LogP contribution in [0.15, 0.2) is 48.5 Å². The predicted octanol–water partition coefficient (Wildman–Crippen LogP) is 4.51. The molecule has 0 radical (unpaired) electrons. The van der Waals surface area contributed by atoms with E-state index in [9.17, 15) is 0 Å². The number of hydrogen-bond acceptors (Lipinski definition) is 1. The summed E-state index contributed by atoms with van der Waals surface area (Å²) >= 11 is 0. The molecular formula is C17H21N. The van der Waals surface area contributed by atoms with Gasteiger partial charge in [-0.25, -0.2) is 0 Å². The largest absolute Gasteiger partial charge is 0.375 e. The average Bonchev–Trinajstić information content (AvgIpc) is 2.39. The standard InChI is InChI=1S/C17H21N/c1-4-12-18(3)17-10-8-15(9-11-17)16-7-5-6-14(2)13-16/h5-11,13H,4,12H2,1-3H3. The number of anilines is 1. The molecule has 0 aliphatic heterocycles. The Kier molecular flexibility index (Phi) is 4.03. The zero-order chi connectivity index (χ0) is 13.0. The molecule has 0 saturated carbocycles. The maximum absolute atomic E-state index is 2.29. The third-order valence-electron chi connectivity index (χ3n) is 3.22. The van der Waals surface area contributed by atoms with Crippen molar-refractivity contribution in [2.45, 2.75) is 20.3 Å². The number of nitrogens with zero attached hydrogens (tertiary/aromatic N) is 1. The molecule has 0 spiro atoms. The van der Waals surface area contributed by atoms with Crippen LogP contribution < -0.4 is 4.90 Å². The van der Waals surface area contributed by atoms with Crippen molar-refractivity contribution >= 4 is 5.69 Å². The monoisotopic (exact) mass is 239 g/mol. The fraction of sp³-hybridized carbons (Fsp3) is 0.294. The summed E-state index contributed by atoms with van der Waals surface area (Å²) < 4.78 is 0. The molecule has 0 amide bonds. The highest BCUT2D eigenvalue weighted by atomic mass is 15.1. The Morgan fingerprint density at radius 2 is 1.67 bits per heavy atom. The molecule has 18 heavy (non-hydrogen) atoms. The van der Waals surface area contributed by atoms with E-state index in [4.69, 9.17) is 0 Å². The summed E-state index contributed by atoms with van der Waals surface area (Å²) in [6, 6.07) is 17.4. The molecule has 0 aliphatic carbocycles. The van der Waals surface area contributed by atoms with Crippen molar-refractivity contribution in [3.05, 3.63) is 54.1 Å². The van der Waals surface area contributed by atoms with E-state index in [-0.39, 0.29) is 0 Å². The quantitative estimate of drug-likeness (QED) is 0.759. The zero-order valence-electron chi connectivity index (χ0n) is 11.5. The minimum absolute atomic E-state index is 1.10. The molecular weight excluding hydrogens is 218 g/mol. The van der Waals surface area contributed by atoms with Crippen LogP contribution >= 0.6 is 0 Å². The van der Waals surface area contributed by atoms with Crippen LogP contribution in [0.1, 0.15) is 18.9 Å². The van der Waals surface area contributed by atoms with Crippen LogP contribution in [0.25, 0.3) is 11.1 Å². The van der Waals surface area contributed by atoms with Gasteiger partial charge in [0, 0.05) is 19.3 Å². The lowest BCUT2D eigenvalue weighted by Crippen LogP contribution is -2.17. The van der Waals surface area contributed by atoms with E-state index >= 15 is 0 Å². The summed E-state index contributed by atoms with van der Waals surface area (Å²) in [4.78, 5) is 2.29. The van der Waals surface area contributed by atoms with E-state index in [0.717, 1.165) is 6.54 Å². The lowest BCUT2D eigenvalue weighted by molar-refractivity contribution is 0.852. The van der Waals surface area contributed by atoms with E-state index in [1.807, 2.05) is 0 Å². The van der Waals surface area contributed by atoms with Crippen LogP contribution in [0.3, 0.4) is 0 Å². The Balaban J connectivity index is 2.22. The fourth-order valence-electron chi connectivity index (χ4n) is 2.20. The van der Waals surface area contributed by atoms with Crippen molar-refractivity contribution in [2.24, 2.45) is 0 Å². The van der Waals surface area contributed by atoms with Gasteiger partial charge in [-0.2, -0.15) is 0 Å². The summed E-state index contributed by atoms with van der Waals surface area (Å²) in [6.07, 6.45) is 1.18. The fourth-order valence-corrected chi connectivity index (χ4v) is 2.20. The first-order valence-corrected chi connectivity index (χ1v) is 6.59. The normalized spacial score (nSPS) is 10.4. The van der Waals surface area contributed by atoms with E-state index < -0.39 is 0 Å². The summed E-state index contributed by atoms with van der Waals surface area (Å²) in [6.45, 7) is 5.44. The molecule has 0 fully saturated rings. The summed E-state index contributed by atoms with van der Waals surface area (Å²) in [5, 5.41) is 0. The Hall–Kier alpha value is -1.76. The number of aryl methyl sites for hydroxylation is 1. The third-order valence-corrected chi connectivity index (χ3v) is 3.22. The summed E-state index contributed by atoms with van der Waals surface area (Å²) in [5.41, 5.74) is 5.17. The highest BCUT2D eigenvalue weighted by Gasteiger charge is 2.01. The molecule has 0 N–H and O–H groups in total. The van der Waals surface area contributed by atoms with Crippen LogP contribution in [0.2, 0.25) is 0 Å². The highest BCUT2D eigenvalue weighted by Crippen LogP contribution is 2.23. The summed E-state index contributed by atoms with van der Waals surface area (Å²) in [7, 11) is 2.14. The lowest BCUT2D eigenvalue weighted by atomic mass is 10.0. The minimum Gasteiger partial charge on any atom is -0.375 e. The van der Waals surface area contributed by atoms with Gasteiger partial charge >= 0.3 is 0 Å². The van der Waals surface area contributed by atoms with Gasteiger partial charge in [-0.15, -0.1) is 0 Å². The van der Waals surface area contributed by atoms with Gasteiger partial charge < -0.3 is 4.90 Å². The first-order valence-electron chi connectivity index (χ1n) is 6.59. The summed E-state index contributed by atoms with van der Waals surface area (Å²) in [5.74, 6) is 0. The van der Waals surface area contributed by atoms with E-state index in [0.29, 0.717) is 0 Å². The maximum Gasteiger partial charge on any atom is 0.0364 e. The molecule has 2 aromatic rings. The molecule has 2 aromatic carbocycles. The highest BCUT2D eigenvalue weighted by molar-refractivity contribution is 5.66. The molecule has 0 saturated heterocycles. The van der Waals surface area contributed by atoms with E-state index in [1.165, 1.54) is 28.8 Å². The van der Waals surface area contributed by atoms with Crippen LogP contribution in [-0.2, 0) is 0 Å². The average molecular weight is 239 g/mol. The Bertz CT molecular complexity index is 499. The molecule has 0 atom stereocenters. The van der Waals surface area contributed by atoms with Crippen LogP contribution in [0.4, 0.5) is 5.69 Å². The first-order chi connectivity index (χ1) is 8.70. The molecule has 2 rings (SSSR count). The molecule has 0 heterocycles. The smallest absolute Gasteiger partial charge is 0.0364 e. The van der Waals surface area contributed by atoms with Gasteiger partial charge in [0.05, 0.1) is 0 Å². The van der Waals surface area contributed by atoms with Gasteiger partial charge in [0.15, 0.2) is 0 Å².